The number of benzene rings is 2. The van der Waals surface area contributed by atoms with Gasteiger partial charge in [-0.05, 0) is 62.2 Å². The Balaban J connectivity index is 1.69. The molecular weight excluding hydrogens is 489 g/mol. The van der Waals surface area contributed by atoms with Crippen LogP contribution in [-0.2, 0) is 26.1 Å². The van der Waals surface area contributed by atoms with Crippen molar-refractivity contribution in [2.24, 2.45) is 4.99 Å². The second kappa shape index (κ2) is 10.0. The second-order valence-electron chi connectivity index (χ2n) is 7.52. The van der Waals surface area contributed by atoms with Gasteiger partial charge in [-0.2, -0.15) is 9.30 Å². The van der Waals surface area contributed by atoms with E-state index in [0.717, 1.165) is 5.52 Å². The Morgan fingerprint density at radius 1 is 1.27 bits per heavy atom. The summed E-state index contributed by atoms with van der Waals surface area (Å²) < 4.78 is 49.2. The molecule has 0 N–H and O–H groups in total. The number of carbonyl (C=O) groups is 1. The van der Waals surface area contributed by atoms with E-state index in [1.165, 1.54) is 52.0 Å². The molecule has 1 aliphatic rings. The summed E-state index contributed by atoms with van der Waals surface area (Å²) in [7, 11) is -3.88. The second-order valence-corrected chi connectivity index (χ2v) is 10.9. The van der Waals surface area contributed by atoms with Crippen LogP contribution in [0.25, 0.3) is 10.2 Å². The number of hydrogen-bond acceptors (Lipinski definition) is 5. The molecular formula is C22H23ClFN3O4S2. The zero-order valence-corrected chi connectivity index (χ0v) is 20.3. The number of fused-ring (bicyclic) bond motifs is 1. The summed E-state index contributed by atoms with van der Waals surface area (Å²) >= 11 is 7.07. The number of nitrogens with zero attached hydrogens (tertiary/aromatic N) is 3. The highest BCUT2D eigenvalue weighted by Crippen LogP contribution is 2.28. The van der Waals surface area contributed by atoms with Gasteiger partial charge < -0.3 is 9.30 Å². The van der Waals surface area contributed by atoms with E-state index in [2.05, 4.69) is 4.99 Å². The van der Waals surface area contributed by atoms with Gasteiger partial charge in [-0.25, -0.2) is 12.8 Å². The van der Waals surface area contributed by atoms with Crippen LogP contribution in [0.1, 0.15) is 19.8 Å². The Kier molecular flexibility index (Phi) is 7.30. The topological polar surface area (TPSA) is 81.0 Å². The number of amides is 1. The molecule has 1 aromatic heterocycles. The van der Waals surface area contributed by atoms with Gasteiger partial charge in [0.05, 0.1) is 21.7 Å². The van der Waals surface area contributed by atoms with Gasteiger partial charge in [0.15, 0.2) is 4.80 Å². The summed E-state index contributed by atoms with van der Waals surface area (Å²) in [5.41, 5.74) is 0.740. The van der Waals surface area contributed by atoms with Crippen LogP contribution < -0.4 is 4.80 Å². The molecule has 1 saturated heterocycles. The van der Waals surface area contributed by atoms with Crippen molar-refractivity contribution < 1.29 is 22.3 Å². The highest BCUT2D eigenvalue weighted by Gasteiger charge is 2.39. The number of aromatic nitrogens is 1. The van der Waals surface area contributed by atoms with E-state index in [1.54, 1.807) is 10.6 Å². The summed E-state index contributed by atoms with van der Waals surface area (Å²) in [4.78, 5) is 17.9. The minimum atomic E-state index is -3.88. The Bertz CT molecular complexity index is 1340. The van der Waals surface area contributed by atoms with Crippen molar-refractivity contribution in [1.29, 1.82) is 0 Å². The van der Waals surface area contributed by atoms with Gasteiger partial charge in [-0.1, -0.05) is 22.9 Å². The molecule has 1 aliphatic heterocycles. The normalized spacial score (nSPS) is 17.8. The van der Waals surface area contributed by atoms with Crippen molar-refractivity contribution >= 4 is 49.1 Å². The first-order valence-electron chi connectivity index (χ1n) is 10.5. The van der Waals surface area contributed by atoms with Crippen molar-refractivity contribution in [2.75, 3.05) is 19.8 Å². The highest BCUT2D eigenvalue weighted by molar-refractivity contribution is 7.89. The molecule has 7 nitrogen and oxygen atoms in total. The van der Waals surface area contributed by atoms with Crippen LogP contribution in [0.5, 0.6) is 0 Å². The zero-order chi connectivity index (χ0) is 23.6. The number of ether oxygens (including phenoxy) is 1. The van der Waals surface area contributed by atoms with Gasteiger partial charge in [-0.15, -0.1) is 0 Å². The number of carbonyl (C=O) groups excluding carboxylic acids is 1. The Hall–Kier alpha value is -2.11. The highest BCUT2D eigenvalue weighted by atomic mass is 35.5. The number of hydrogen-bond donors (Lipinski definition) is 0. The quantitative estimate of drug-likeness (QED) is 0.452. The largest absolute Gasteiger partial charge is 0.380 e. The number of sulfonamides is 1. The lowest BCUT2D eigenvalue weighted by Crippen LogP contribution is -2.40. The zero-order valence-electron chi connectivity index (χ0n) is 17.9. The molecule has 2 aromatic carbocycles. The SMILES string of the molecule is CCOCCn1c(=NC(=O)C2CCCN2S(=O)(=O)c2ccc(Cl)cc2)sc2cc(F)ccc21. The summed E-state index contributed by atoms with van der Waals surface area (Å²) in [6.45, 7) is 3.50. The van der Waals surface area contributed by atoms with E-state index in [1.807, 2.05) is 6.92 Å². The lowest BCUT2D eigenvalue weighted by molar-refractivity contribution is -0.121. The van der Waals surface area contributed by atoms with Crippen LogP contribution >= 0.6 is 22.9 Å². The molecule has 0 bridgehead atoms. The molecule has 3 aromatic rings. The van der Waals surface area contributed by atoms with Crippen LogP contribution in [0.15, 0.2) is 52.4 Å². The predicted octanol–water partition coefficient (Wildman–Crippen LogP) is 3.81. The van der Waals surface area contributed by atoms with Gasteiger partial charge in [0.25, 0.3) is 5.91 Å². The smallest absolute Gasteiger partial charge is 0.266 e. The van der Waals surface area contributed by atoms with Crippen molar-refractivity contribution in [1.82, 2.24) is 8.87 Å². The molecule has 0 saturated carbocycles. The number of thiazole rings is 1. The third kappa shape index (κ3) is 5.04. The van der Waals surface area contributed by atoms with Gasteiger partial charge in [0, 0.05) is 24.7 Å². The molecule has 4 rings (SSSR count). The number of halogens is 2. The minimum Gasteiger partial charge on any atom is -0.380 e. The maximum atomic E-state index is 13.8. The van der Waals surface area contributed by atoms with E-state index >= 15 is 0 Å². The first kappa shape index (κ1) is 24.0. The van der Waals surface area contributed by atoms with E-state index in [9.17, 15) is 17.6 Å². The van der Waals surface area contributed by atoms with Crippen molar-refractivity contribution in [2.45, 2.75) is 37.2 Å². The fourth-order valence-electron chi connectivity index (χ4n) is 3.83. The fraction of sp³-hybridized carbons (Fsp3) is 0.364. The van der Waals surface area contributed by atoms with Crippen LogP contribution in [0, 0.1) is 5.82 Å². The standard InChI is InChI=1S/C22H23ClFN3O4S2/c1-2-31-13-12-26-18-10-7-16(24)14-20(18)32-22(26)25-21(28)19-4-3-11-27(19)33(29,30)17-8-5-15(23)6-9-17/h5-10,14,19H,2-4,11-13H2,1H3. The van der Waals surface area contributed by atoms with Crippen molar-refractivity contribution in [3.8, 4) is 0 Å². The maximum absolute atomic E-state index is 13.8. The molecule has 11 heteroatoms. The summed E-state index contributed by atoms with van der Waals surface area (Å²) in [5.74, 6) is -0.920. The molecule has 1 amide bonds. The number of rotatable bonds is 7. The minimum absolute atomic E-state index is 0.0794. The summed E-state index contributed by atoms with van der Waals surface area (Å²) in [5, 5.41) is 0.427. The lowest BCUT2D eigenvalue weighted by atomic mass is 10.2. The van der Waals surface area contributed by atoms with E-state index in [-0.39, 0.29) is 17.3 Å². The summed E-state index contributed by atoms with van der Waals surface area (Å²) in [6, 6.07) is 9.36. The molecule has 176 valence electrons. The monoisotopic (exact) mass is 511 g/mol. The van der Waals surface area contributed by atoms with Crippen LogP contribution in [0.4, 0.5) is 4.39 Å². The van der Waals surface area contributed by atoms with Gasteiger partial charge in [0.2, 0.25) is 10.0 Å². The van der Waals surface area contributed by atoms with Gasteiger partial charge in [-0.3, -0.25) is 4.79 Å². The van der Waals surface area contributed by atoms with E-state index in [0.29, 0.717) is 47.1 Å². The molecule has 0 spiro atoms. The molecule has 0 aliphatic carbocycles. The molecule has 2 heterocycles. The fourth-order valence-corrected chi connectivity index (χ4v) is 6.70. The van der Waals surface area contributed by atoms with E-state index < -0.39 is 22.0 Å². The molecule has 33 heavy (non-hydrogen) atoms. The molecule has 0 radical (unpaired) electrons. The third-order valence-electron chi connectivity index (χ3n) is 5.42. The Labute approximate surface area is 200 Å². The van der Waals surface area contributed by atoms with Crippen LogP contribution in [-0.4, -0.2) is 49.0 Å². The maximum Gasteiger partial charge on any atom is 0.266 e. The predicted molar refractivity (Wildman–Crippen MR) is 125 cm³/mol. The molecule has 1 fully saturated rings. The van der Waals surface area contributed by atoms with E-state index in [4.69, 9.17) is 16.3 Å². The van der Waals surface area contributed by atoms with Crippen molar-refractivity contribution in [3.05, 3.63) is 58.1 Å². The Morgan fingerprint density at radius 3 is 2.76 bits per heavy atom. The average molecular weight is 512 g/mol. The van der Waals surface area contributed by atoms with Gasteiger partial charge in [0.1, 0.15) is 11.9 Å². The lowest BCUT2D eigenvalue weighted by Gasteiger charge is -2.21. The van der Waals surface area contributed by atoms with Crippen molar-refractivity contribution in [3.63, 3.8) is 0 Å². The average Bonchev–Trinajstić information content (AvgIpc) is 3.40. The van der Waals surface area contributed by atoms with Gasteiger partial charge >= 0.3 is 0 Å². The van der Waals surface area contributed by atoms with Crippen LogP contribution in [0.3, 0.4) is 0 Å². The Morgan fingerprint density at radius 2 is 2.03 bits per heavy atom. The summed E-state index contributed by atoms with van der Waals surface area (Å²) in [6.07, 6.45) is 0.939. The molecule has 1 unspecified atom stereocenters. The first-order chi connectivity index (χ1) is 15.8. The molecule has 1 atom stereocenters. The third-order valence-corrected chi connectivity index (χ3v) is 8.64. The first-order valence-corrected chi connectivity index (χ1v) is 13.2. The van der Waals surface area contributed by atoms with Crippen LogP contribution in [0.2, 0.25) is 5.02 Å².